The number of rotatable bonds is 4. The van der Waals surface area contributed by atoms with Crippen molar-refractivity contribution in [3.63, 3.8) is 0 Å². The maximum atomic E-state index is 4.88. The van der Waals surface area contributed by atoms with Crippen LogP contribution in [0, 0.1) is 0 Å². The molecular weight excluding hydrogens is 316 g/mol. The highest BCUT2D eigenvalue weighted by Gasteiger charge is 2.15. The minimum Gasteiger partial charge on any atom is -0.348 e. The lowest BCUT2D eigenvalue weighted by Gasteiger charge is -2.31. The monoisotopic (exact) mass is 340 g/mol. The molecule has 1 fully saturated rings. The third-order valence-electron chi connectivity index (χ3n) is 4.89. The average molecular weight is 340 g/mol. The zero-order valence-electron chi connectivity index (χ0n) is 14.4. The number of nitrogens with zero attached hydrogens (tertiary/aromatic N) is 4. The average Bonchev–Trinajstić information content (AvgIpc) is 3.23. The molecule has 1 aliphatic rings. The minimum atomic E-state index is 0.971. The maximum Gasteiger partial charge on any atom is 0.123 e. The van der Waals surface area contributed by atoms with Crippen molar-refractivity contribution in [3.05, 3.63) is 41.5 Å². The Balaban J connectivity index is 1.52. The lowest BCUT2D eigenvalue weighted by atomic mass is 10.1. The summed E-state index contributed by atoms with van der Waals surface area (Å²) >= 11 is 1.76. The van der Waals surface area contributed by atoms with E-state index in [4.69, 9.17) is 4.98 Å². The van der Waals surface area contributed by atoms with E-state index in [1.165, 1.54) is 22.2 Å². The van der Waals surface area contributed by atoms with Gasteiger partial charge >= 0.3 is 0 Å². The third kappa shape index (κ3) is 3.11. The zero-order chi connectivity index (χ0) is 16.5. The fourth-order valence-corrected chi connectivity index (χ4v) is 4.16. The zero-order valence-corrected chi connectivity index (χ0v) is 15.2. The van der Waals surface area contributed by atoms with Crippen LogP contribution in [0.1, 0.15) is 12.6 Å². The SMILES string of the molecule is CCn1ccc2cc(-c3nc(CN4CCN(C)CC4)cs3)ccc21. The summed E-state index contributed by atoms with van der Waals surface area (Å²) in [6.07, 6.45) is 2.16. The molecule has 0 amide bonds. The van der Waals surface area contributed by atoms with Gasteiger partial charge in [0.15, 0.2) is 0 Å². The molecule has 4 rings (SSSR count). The van der Waals surface area contributed by atoms with Crippen molar-refractivity contribution < 1.29 is 0 Å². The van der Waals surface area contributed by atoms with Crippen molar-refractivity contribution >= 4 is 22.2 Å². The van der Waals surface area contributed by atoms with E-state index in [0.29, 0.717) is 0 Å². The van der Waals surface area contributed by atoms with Crippen molar-refractivity contribution in [1.82, 2.24) is 19.4 Å². The summed E-state index contributed by atoms with van der Waals surface area (Å²) in [6.45, 7) is 8.75. The number of aromatic nitrogens is 2. The minimum absolute atomic E-state index is 0.971. The molecule has 1 aromatic carbocycles. The van der Waals surface area contributed by atoms with E-state index in [0.717, 1.165) is 44.3 Å². The number of aryl methyl sites for hydroxylation is 1. The second-order valence-electron chi connectivity index (χ2n) is 6.60. The largest absolute Gasteiger partial charge is 0.348 e. The van der Waals surface area contributed by atoms with Crippen molar-refractivity contribution in [1.29, 1.82) is 0 Å². The topological polar surface area (TPSA) is 24.3 Å². The van der Waals surface area contributed by atoms with Crippen LogP contribution in [0.15, 0.2) is 35.8 Å². The molecule has 126 valence electrons. The second-order valence-corrected chi connectivity index (χ2v) is 7.46. The van der Waals surface area contributed by atoms with E-state index < -0.39 is 0 Å². The van der Waals surface area contributed by atoms with Crippen LogP contribution in [0.2, 0.25) is 0 Å². The van der Waals surface area contributed by atoms with Crippen LogP contribution in [0.4, 0.5) is 0 Å². The molecule has 1 aliphatic heterocycles. The quantitative estimate of drug-likeness (QED) is 0.726. The fourth-order valence-electron chi connectivity index (χ4n) is 3.36. The molecule has 24 heavy (non-hydrogen) atoms. The highest BCUT2D eigenvalue weighted by atomic mass is 32.1. The van der Waals surface area contributed by atoms with Gasteiger partial charge in [-0.25, -0.2) is 4.98 Å². The van der Waals surface area contributed by atoms with Crippen molar-refractivity contribution in [2.75, 3.05) is 33.2 Å². The highest BCUT2D eigenvalue weighted by molar-refractivity contribution is 7.13. The smallest absolute Gasteiger partial charge is 0.123 e. The van der Waals surface area contributed by atoms with E-state index in [1.54, 1.807) is 11.3 Å². The van der Waals surface area contributed by atoms with Gasteiger partial charge in [-0.1, -0.05) is 0 Å². The van der Waals surface area contributed by atoms with Crippen LogP contribution in [0.25, 0.3) is 21.5 Å². The summed E-state index contributed by atoms with van der Waals surface area (Å²) in [5.74, 6) is 0. The van der Waals surface area contributed by atoms with Crippen molar-refractivity contribution in [3.8, 4) is 10.6 Å². The Bertz CT molecular complexity index is 827. The van der Waals surface area contributed by atoms with E-state index in [9.17, 15) is 0 Å². The van der Waals surface area contributed by atoms with Gasteiger partial charge in [0.25, 0.3) is 0 Å². The summed E-state index contributed by atoms with van der Waals surface area (Å²) in [5.41, 5.74) is 3.73. The molecule has 0 N–H and O–H groups in total. The van der Waals surface area contributed by atoms with Gasteiger partial charge in [0.1, 0.15) is 5.01 Å². The van der Waals surface area contributed by atoms with Gasteiger partial charge in [0.05, 0.1) is 5.69 Å². The molecule has 0 radical (unpaired) electrons. The van der Waals surface area contributed by atoms with Crippen LogP contribution >= 0.6 is 11.3 Å². The second kappa shape index (κ2) is 6.67. The number of benzene rings is 1. The number of hydrogen-bond donors (Lipinski definition) is 0. The first-order chi connectivity index (χ1) is 11.7. The molecule has 4 nitrogen and oxygen atoms in total. The molecule has 2 aromatic heterocycles. The standard InChI is InChI=1S/C19H24N4S/c1-3-23-7-6-15-12-16(4-5-18(15)23)19-20-17(14-24-19)13-22-10-8-21(2)9-11-22/h4-7,12,14H,3,8-11,13H2,1-2H3. The molecule has 5 heteroatoms. The first kappa shape index (κ1) is 15.8. The Hall–Kier alpha value is -1.69. The summed E-state index contributed by atoms with van der Waals surface area (Å²) in [6, 6.07) is 8.88. The van der Waals surface area contributed by atoms with Crippen LogP contribution in [0.5, 0.6) is 0 Å². The first-order valence-corrected chi connectivity index (χ1v) is 9.55. The van der Waals surface area contributed by atoms with Crippen molar-refractivity contribution in [2.24, 2.45) is 0 Å². The van der Waals surface area contributed by atoms with E-state index in [-0.39, 0.29) is 0 Å². The summed E-state index contributed by atoms with van der Waals surface area (Å²) in [7, 11) is 2.19. The Morgan fingerprint density at radius 1 is 1.12 bits per heavy atom. The molecule has 0 atom stereocenters. The Morgan fingerprint density at radius 3 is 2.75 bits per heavy atom. The van der Waals surface area contributed by atoms with Gasteiger partial charge in [-0.05, 0) is 38.2 Å². The predicted octanol–water partition coefficient (Wildman–Crippen LogP) is 3.53. The van der Waals surface area contributed by atoms with Gasteiger partial charge in [-0.2, -0.15) is 0 Å². The van der Waals surface area contributed by atoms with Crippen LogP contribution < -0.4 is 0 Å². The lowest BCUT2D eigenvalue weighted by molar-refractivity contribution is 0.147. The summed E-state index contributed by atoms with van der Waals surface area (Å²) < 4.78 is 2.28. The van der Waals surface area contributed by atoms with E-state index in [2.05, 4.69) is 64.2 Å². The van der Waals surface area contributed by atoms with Gasteiger partial charge in [0, 0.05) is 67.3 Å². The van der Waals surface area contributed by atoms with Crippen molar-refractivity contribution in [2.45, 2.75) is 20.0 Å². The molecule has 0 unspecified atom stereocenters. The Kier molecular flexibility index (Phi) is 4.39. The van der Waals surface area contributed by atoms with E-state index in [1.807, 2.05) is 0 Å². The van der Waals surface area contributed by atoms with Gasteiger partial charge < -0.3 is 9.47 Å². The number of thiazole rings is 1. The van der Waals surface area contributed by atoms with Crippen LogP contribution in [0.3, 0.4) is 0 Å². The number of fused-ring (bicyclic) bond motifs is 1. The molecule has 0 aliphatic carbocycles. The maximum absolute atomic E-state index is 4.88. The number of hydrogen-bond acceptors (Lipinski definition) is 4. The third-order valence-corrected chi connectivity index (χ3v) is 5.83. The fraction of sp³-hybridized carbons (Fsp3) is 0.421. The normalized spacial score (nSPS) is 16.9. The first-order valence-electron chi connectivity index (χ1n) is 8.67. The number of likely N-dealkylation sites (N-methyl/N-ethyl adjacent to an activating group) is 1. The van der Waals surface area contributed by atoms with Crippen LogP contribution in [-0.2, 0) is 13.1 Å². The van der Waals surface area contributed by atoms with Gasteiger partial charge in [-0.3, -0.25) is 4.90 Å². The Labute approximate surface area is 147 Å². The lowest BCUT2D eigenvalue weighted by Crippen LogP contribution is -2.43. The predicted molar refractivity (Wildman–Crippen MR) is 101 cm³/mol. The summed E-state index contributed by atoms with van der Waals surface area (Å²) in [4.78, 5) is 9.78. The van der Waals surface area contributed by atoms with E-state index >= 15 is 0 Å². The Morgan fingerprint density at radius 2 is 1.96 bits per heavy atom. The molecule has 0 spiro atoms. The molecule has 0 saturated carbocycles. The van der Waals surface area contributed by atoms with Crippen LogP contribution in [-0.4, -0.2) is 52.6 Å². The molecular formula is C19H24N4S. The molecule has 0 bridgehead atoms. The van der Waals surface area contributed by atoms with Gasteiger partial charge in [0.2, 0.25) is 0 Å². The molecule has 3 aromatic rings. The summed E-state index contributed by atoms with van der Waals surface area (Å²) in [5, 5.41) is 4.64. The highest BCUT2D eigenvalue weighted by Crippen LogP contribution is 2.28. The molecule has 3 heterocycles. The number of piperazine rings is 1. The molecule has 1 saturated heterocycles. The van der Waals surface area contributed by atoms with Gasteiger partial charge in [-0.15, -0.1) is 11.3 Å².